The minimum atomic E-state index is -0.898. The number of nitrogens with zero attached hydrogens (tertiary/aromatic N) is 1. The lowest BCUT2D eigenvalue weighted by molar-refractivity contribution is 0.0699. The maximum Gasteiger partial charge on any atom is 0.346 e. The van der Waals surface area contributed by atoms with Crippen LogP contribution >= 0.6 is 11.3 Å². The normalized spacial score (nSPS) is 11.0. The summed E-state index contributed by atoms with van der Waals surface area (Å²) in [6, 6.07) is 1.81. The van der Waals surface area contributed by atoms with Gasteiger partial charge in [-0.25, -0.2) is 4.79 Å². The molecule has 1 aromatic rings. The molecule has 5 nitrogen and oxygen atoms in total. The fourth-order valence-corrected chi connectivity index (χ4v) is 2.27. The molecule has 0 aliphatic carbocycles. The fraction of sp³-hybridized carbons (Fsp3) is 0.545. The van der Waals surface area contributed by atoms with Gasteiger partial charge in [0.15, 0.2) is 0 Å². The molecule has 1 heterocycles. The number of carbonyl (C=O) groups is 1. The molecule has 0 aromatic carbocycles. The number of ether oxygens (including phenoxy) is 1. The number of hydrogen-bond donors (Lipinski definition) is 2. The zero-order valence-corrected chi connectivity index (χ0v) is 10.6. The van der Waals surface area contributed by atoms with Gasteiger partial charge < -0.3 is 14.9 Å². The lowest BCUT2D eigenvalue weighted by Gasteiger charge is -2.20. The molecule has 0 aliphatic rings. The van der Waals surface area contributed by atoms with E-state index in [0.717, 1.165) is 5.56 Å². The number of rotatable bonds is 8. The maximum absolute atomic E-state index is 11.0. The second-order valence-corrected chi connectivity index (χ2v) is 4.49. The van der Waals surface area contributed by atoms with Crippen molar-refractivity contribution in [1.82, 2.24) is 4.90 Å². The summed E-state index contributed by atoms with van der Waals surface area (Å²) in [5, 5.41) is 19.7. The largest absolute Gasteiger partial charge is 0.477 e. The third-order valence-electron chi connectivity index (χ3n) is 2.36. The average molecular weight is 259 g/mol. The number of thiophene rings is 1. The summed E-state index contributed by atoms with van der Waals surface area (Å²) in [5.41, 5.74) is 0.784. The van der Waals surface area contributed by atoms with Gasteiger partial charge in [-0.05, 0) is 17.0 Å². The van der Waals surface area contributed by atoms with E-state index in [9.17, 15) is 4.79 Å². The van der Waals surface area contributed by atoms with Gasteiger partial charge in [0, 0.05) is 26.7 Å². The Kier molecular flexibility index (Phi) is 6.13. The molecule has 0 spiro atoms. The molecule has 1 rings (SSSR count). The smallest absolute Gasteiger partial charge is 0.346 e. The number of aromatic carboxylic acids is 1. The first-order chi connectivity index (χ1) is 8.19. The lowest BCUT2D eigenvalue weighted by atomic mass is 10.2. The molecular weight excluding hydrogens is 242 g/mol. The number of methoxy groups -OCH3 is 1. The molecule has 0 fully saturated rings. The van der Waals surface area contributed by atoms with E-state index in [1.165, 1.54) is 11.3 Å². The Morgan fingerprint density at radius 3 is 2.88 bits per heavy atom. The number of aliphatic hydroxyl groups is 1. The number of carboxylic acids is 1. The molecule has 0 unspecified atom stereocenters. The first-order valence-corrected chi connectivity index (χ1v) is 6.18. The molecule has 0 amide bonds. The molecule has 0 atom stereocenters. The molecule has 0 saturated heterocycles. The molecule has 0 aliphatic heterocycles. The zero-order valence-electron chi connectivity index (χ0n) is 9.76. The fourth-order valence-electron chi connectivity index (χ4n) is 1.52. The summed E-state index contributed by atoms with van der Waals surface area (Å²) >= 11 is 1.22. The third kappa shape index (κ3) is 4.43. The highest BCUT2D eigenvalue weighted by molar-refractivity contribution is 7.12. The number of carboxylic acid groups (broad SMARTS) is 1. The highest BCUT2D eigenvalue weighted by Gasteiger charge is 2.14. The predicted octanol–water partition coefficient (Wildman–Crippen LogP) is 0.887. The van der Waals surface area contributed by atoms with Gasteiger partial charge in [-0.1, -0.05) is 0 Å². The molecule has 0 bridgehead atoms. The first kappa shape index (κ1) is 14.1. The van der Waals surface area contributed by atoms with Crippen molar-refractivity contribution in [2.75, 3.05) is 33.4 Å². The van der Waals surface area contributed by atoms with Crippen LogP contribution in [0.25, 0.3) is 0 Å². The molecule has 6 heteroatoms. The van der Waals surface area contributed by atoms with Crippen LogP contribution in [0.4, 0.5) is 0 Å². The quantitative estimate of drug-likeness (QED) is 0.725. The van der Waals surface area contributed by atoms with E-state index >= 15 is 0 Å². The molecule has 2 N–H and O–H groups in total. The van der Waals surface area contributed by atoms with Crippen LogP contribution in [0.5, 0.6) is 0 Å². The van der Waals surface area contributed by atoms with Gasteiger partial charge >= 0.3 is 5.97 Å². The highest BCUT2D eigenvalue weighted by atomic mass is 32.1. The predicted molar refractivity (Wildman–Crippen MR) is 65.5 cm³/mol. The van der Waals surface area contributed by atoms with Crippen molar-refractivity contribution in [3.05, 3.63) is 21.9 Å². The van der Waals surface area contributed by atoms with Gasteiger partial charge in [-0.15, -0.1) is 11.3 Å². The third-order valence-corrected chi connectivity index (χ3v) is 3.31. The van der Waals surface area contributed by atoms with Crippen molar-refractivity contribution in [3.8, 4) is 0 Å². The van der Waals surface area contributed by atoms with Gasteiger partial charge in [0.2, 0.25) is 0 Å². The number of hydrogen-bond acceptors (Lipinski definition) is 5. The molecule has 0 saturated carbocycles. The molecular formula is C11H17NO4S. The van der Waals surface area contributed by atoms with E-state index in [0.29, 0.717) is 31.1 Å². The van der Waals surface area contributed by atoms with Gasteiger partial charge in [0.25, 0.3) is 0 Å². The Hall–Kier alpha value is -0.950. The van der Waals surface area contributed by atoms with Crippen molar-refractivity contribution in [2.24, 2.45) is 0 Å². The van der Waals surface area contributed by atoms with E-state index < -0.39 is 5.97 Å². The van der Waals surface area contributed by atoms with E-state index in [2.05, 4.69) is 0 Å². The highest BCUT2D eigenvalue weighted by Crippen LogP contribution is 2.18. The molecule has 0 radical (unpaired) electrons. The Labute approximate surface area is 104 Å². The Balaban J connectivity index is 2.64. The van der Waals surface area contributed by atoms with E-state index in [1.807, 2.05) is 11.0 Å². The van der Waals surface area contributed by atoms with Crippen LogP contribution < -0.4 is 0 Å². The summed E-state index contributed by atoms with van der Waals surface area (Å²) in [6.07, 6.45) is 0. The average Bonchev–Trinajstić information content (AvgIpc) is 2.74. The second-order valence-electron chi connectivity index (χ2n) is 3.57. The molecule has 17 heavy (non-hydrogen) atoms. The van der Waals surface area contributed by atoms with Crippen LogP contribution in [-0.4, -0.2) is 54.5 Å². The van der Waals surface area contributed by atoms with Crippen LogP contribution in [-0.2, 0) is 11.3 Å². The van der Waals surface area contributed by atoms with Crippen LogP contribution in [0.1, 0.15) is 15.2 Å². The Bertz CT molecular complexity index is 353. The van der Waals surface area contributed by atoms with Crippen LogP contribution in [0.3, 0.4) is 0 Å². The second kappa shape index (κ2) is 7.39. The Morgan fingerprint density at radius 1 is 1.53 bits per heavy atom. The summed E-state index contributed by atoms with van der Waals surface area (Å²) < 4.78 is 4.98. The summed E-state index contributed by atoms with van der Waals surface area (Å²) in [5.74, 6) is -0.898. The van der Waals surface area contributed by atoms with Crippen molar-refractivity contribution < 1.29 is 19.7 Å². The maximum atomic E-state index is 11.0. The lowest BCUT2D eigenvalue weighted by Crippen LogP contribution is -2.30. The minimum absolute atomic E-state index is 0.0518. The van der Waals surface area contributed by atoms with Crippen molar-refractivity contribution in [3.63, 3.8) is 0 Å². The van der Waals surface area contributed by atoms with Gasteiger partial charge in [0.1, 0.15) is 4.88 Å². The Morgan fingerprint density at radius 2 is 2.29 bits per heavy atom. The van der Waals surface area contributed by atoms with E-state index in [1.54, 1.807) is 12.5 Å². The SMILES string of the molecule is COCCN(CCO)Cc1ccsc1C(=O)O. The summed E-state index contributed by atoms with van der Waals surface area (Å²) in [7, 11) is 1.62. The summed E-state index contributed by atoms with van der Waals surface area (Å²) in [6.45, 7) is 2.32. The molecule has 1 aromatic heterocycles. The van der Waals surface area contributed by atoms with Crippen LogP contribution in [0, 0.1) is 0 Å². The number of aliphatic hydroxyl groups excluding tert-OH is 1. The zero-order chi connectivity index (χ0) is 12.7. The summed E-state index contributed by atoms with van der Waals surface area (Å²) in [4.78, 5) is 13.3. The monoisotopic (exact) mass is 259 g/mol. The topological polar surface area (TPSA) is 70.0 Å². The minimum Gasteiger partial charge on any atom is -0.477 e. The van der Waals surface area contributed by atoms with Crippen LogP contribution in [0.2, 0.25) is 0 Å². The van der Waals surface area contributed by atoms with E-state index in [4.69, 9.17) is 14.9 Å². The van der Waals surface area contributed by atoms with Crippen molar-refractivity contribution in [1.29, 1.82) is 0 Å². The van der Waals surface area contributed by atoms with Gasteiger partial charge in [-0.2, -0.15) is 0 Å². The van der Waals surface area contributed by atoms with E-state index in [-0.39, 0.29) is 6.61 Å². The standard InChI is InChI=1S/C11H17NO4S/c1-16-6-4-12(3-5-13)8-9-2-7-17-10(9)11(14)15/h2,7,13H,3-6,8H2,1H3,(H,14,15). The van der Waals surface area contributed by atoms with Crippen molar-refractivity contribution >= 4 is 17.3 Å². The molecule has 96 valence electrons. The van der Waals surface area contributed by atoms with Gasteiger partial charge in [0.05, 0.1) is 13.2 Å². The van der Waals surface area contributed by atoms with Gasteiger partial charge in [-0.3, -0.25) is 4.90 Å². The van der Waals surface area contributed by atoms with Crippen molar-refractivity contribution in [2.45, 2.75) is 6.54 Å². The van der Waals surface area contributed by atoms with Crippen LogP contribution in [0.15, 0.2) is 11.4 Å². The first-order valence-electron chi connectivity index (χ1n) is 5.30.